The summed E-state index contributed by atoms with van der Waals surface area (Å²) < 4.78 is 0. The van der Waals surface area contributed by atoms with Crippen LogP contribution in [0.3, 0.4) is 0 Å². The maximum atomic E-state index is 13.0. The first-order chi connectivity index (χ1) is 14.0. The maximum Gasteiger partial charge on any atom is 0.326 e. The zero-order valence-corrected chi connectivity index (χ0v) is 15.9. The molecule has 3 aromatic rings. The van der Waals surface area contributed by atoms with Gasteiger partial charge in [-0.25, -0.2) is 4.79 Å². The van der Waals surface area contributed by atoms with Crippen LogP contribution >= 0.6 is 0 Å². The van der Waals surface area contributed by atoms with E-state index in [1.54, 1.807) is 31.4 Å². The Kier molecular flexibility index (Phi) is 4.80. The van der Waals surface area contributed by atoms with Crippen LogP contribution in [0.25, 0.3) is 10.9 Å². The number of hydrogen-bond acceptors (Lipinski definition) is 3. The van der Waals surface area contributed by atoms with E-state index in [1.165, 1.54) is 4.90 Å². The minimum atomic E-state index is -1.11. The second kappa shape index (κ2) is 7.43. The molecule has 1 aliphatic heterocycles. The molecule has 148 valence electrons. The van der Waals surface area contributed by atoms with Gasteiger partial charge >= 0.3 is 5.97 Å². The average molecular weight is 391 g/mol. The van der Waals surface area contributed by atoms with Crippen LogP contribution in [0.15, 0.2) is 54.7 Å². The topological polar surface area (TPSA) is 103 Å². The highest BCUT2D eigenvalue weighted by Crippen LogP contribution is 2.35. The number of aromatic amines is 1. The van der Waals surface area contributed by atoms with Gasteiger partial charge in [-0.2, -0.15) is 0 Å². The number of carboxylic acid groups (broad SMARTS) is 1. The molecule has 0 spiro atoms. The molecule has 2 amide bonds. The highest BCUT2D eigenvalue weighted by atomic mass is 16.4. The quantitative estimate of drug-likeness (QED) is 0.622. The summed E-state index contributed by atoms with van der Waals surface area (Å²) in [7, 11) is 1.67. The molecule has 0 bridgehead atoms. The second-order valence-electron chi connectivity index (χ2n) is 7.23. The molecule has 3 N–H and O–H groups in total. The zero-order chi connectivity index (χ0) is 20.5. The molecule has 7 heteroatoms. The third-order valence-corrected chi connectivity index (χ3v) is 5.46. The third kappa shape index (κ3) is 3.47. The van der Waals surface area contributed by atoms with E-state index in [0.29, 0.717) is 5.69 Å². The molecular formula is C22H21N3O4. The number of para-hydroxylation sites is 2. The lowest BCUT2D eigenvalue weighted by Crippen LogP contribution is -2.46. The number of aliphatic carboxylic acids is 1. The number of aromatic nitrogens is 1. The van der Waals surface area contributed by atoms with Crippen LogP contribution in [0.1, 0.15) is 23.5 Å². The van der Waals surface area contributed by atoms with Gasteiger partial charge in [0.1, 0.15) is 6.04 Å². The van der Waals surface area contributed by atoms with Gasteiger partial charge in [0.2, 0.25) is 11.8 Å². The number of H-pyrrole nitrogens is 1. The number of amides is 2. The Morgan fingerprint density at radius 2 is 1.93 bits per heavy atom. The van der Waals surface area contributed by atoms with Crippen LogP contribution in [-0.4, -0.2) is 41.0 Å². The van der Waals surface area contributed by atoms with Gasteiger partial charge in [0.25, 0.3) is 0 Å². The van der Waals surface area contributed by atoms with Gasteiger partial charge in [0.05, 0.1) is 5.92 Å². The molecule has 7 nitrogen and oxygen atoms in total. The van der Waals surface area contributed by atoms with Crippen molar-refractivity contribution in [2.75, 3.05) is 11.9 Å². The van der Waals surface area contributed by atoms with Crippen molar-refractivity contribution < 1.29 is 19.5 Å². The molecule has 29 heavy (non-hydrogen) atoms. The predicted octanol–water partition coefficient (Wildman–Crippen LogP) is 2.43. The lowest BCUT2D eigenvalue weighted by Gasteiger charge is -2.31. The van der Waals surface area contributed by atoms with Crippen molar-refractivity contribution in [2.45, 2.75) is 24.8 Å². The van der Waals surface area contributed by atoms with Gasteiger partial charge in [-0.3, -0.25) is 9.59 Å². The minimum absolute atomic E-state index is 0.0127. The van der Waals surface area contributed by atoms with Gasteiger partial charge in [0.15, 0.2) is 0 Å². The van der Waals surface area contributed by atoms with Crippen LogP contribution < -0.4 is 10.2 Å². The maximum absolute atomic E-state index is 13.0. The number of rotatable bonds is 5. The van der Waals surface area contributed by atoms with Crippen LogP contribution in [0.5, 0.6) is 0 Å². The van der Waals surface area contributed by atoms with E-state index in [1.807, 2.05) is 30.3 Å². The van der Waals surface area contributed by atoms with E-state index in [0.717, 1.165) is 22.0 Å². The molecule has 2 unspecified atom stereocenters. The average Bonchev–Trinajstić information content (AvgIpc) is 3.13. The third-order valence-electron chi connectivity index (χ3n) is 5.46. The number of benzene rings is 2. The SMILES string of the molecule is CN1C(=O)CC(C(=O)NC(Cc2c[nH]c3ccccc23)C(=O)O)c2ccccc21. The number of carbonyl (C=O) groups is 3. The number of nitrogens with one attached hydrogen (secondary N) is 2. The molecule has 0 radical (unpaired) electrons. The lowest BCUT2D eigenvalue weighted by atomic mass is 9.88. The molecule has 4 rings (SSSR count). The summed E-state index contributed by atoms with van der Waals surface area (Å²) in [6.07, 6.45) is 1.92. The Labute approximate surface area is 167 Å². The first-order valence-corrected chi connectivity index (χ1v) is 9.39. The Balaban J connectivity index is 1.58. The van der Waals surface area contributed by atoms with E-state index in [-0.39, 0.29) is 18.7 Å². The Bertz CT molecular complexity index is 1100. The fourth-order valence-corrected chi connectivity index (χ4v) is 3.87. The van der Waals surface area contributed by atoms with Gasteiger partial charge in [-0.05, 0) is 23.3 Å². The molecule has 0 aliphatic carbocycles. The molecule has 2 atom stereocenters. The predicted molar refractivity (Wildman–Crippen MR) is 109 cm³/mol. The first kappa shape index (κ1) is 18.7. The Morgan fingerprint density at radius 3 is 2.72 bits per heavy atom. The Hall–Kier alpha value is -3.61. The van der Waals surface area contributed by atoms with Crippen molar-refractivity contribution in [1.82, 2.24) is 10.3 Å². The highest BCUT2D eigenvalue weighted by Gasteiger charge is 2.35. The normalized spacial score (nSPS) is 17.1. The van der Waals surface area contributed by atoms with E-state index in [4.69, 9.17) is 0 Å². The number of anilines is 1. The molecular weight excluding hydrogens is 370 g/mol. The van der Waals surface area contributed by atoms with Crippen molar-refractivity contribution in [1.29, 1.82) is 0 Å². The standard InChI is InChI=1S/C22H21N3O4/c1-25-19-9-5-3-7-15(19)16(11-20(25)26)21(27)24-18(22(28)29)10-13-12-23-17-8-4-2-6-14(13)17/h2-9,12,16,18,23H,10-11H2,1H3,(H,24,27)(H,28,29). The summed E-state index contributed by atoms with van der Waals surface area (Å²) in [6, 6.07) is 13.7. The van der Waals surface area contributed by atoms with Crippen LogP contribution in [0.2, 0.25) is 0 Å². The molecule has 1 aromatic heterocycles. The summed E-state index contributed by atoms with van der Waals surface area (Å²) in [5.41, 5.74) is 3.12. The van der Waals surface area contributed by atoms with E-state index < -0.39 is 23.8 Å². The van der Waals surface area contributed by atoms with E-state index in [2.05, 4.69) is 10.3 Å². The molecule has 2 heterocycles. The fraction of sp³-hybridized carbons (Fsp3) is 0.227. The molecule has 0 saturated carbocycles. The van der Waals surface area contributed by atoms with Gasteiger partial charge in [-0.1, -0.05) is 36.4 Å². The fourth-order valence-electron chi connectivity index (χ4n) is 3.87. The van der Waals surface area contributed by atoms with Crippen molar-refractivity contribution in [3.63, 3.8) is 0 Å². The van der Waals surface area contributed by atoms with Crippen LogP contribution in [0.4, 0.5) is 5.69 Å². The minimum Gasteiger partial charge on any atom is -0.480 e. The number of carbonyl (C=O) groups excluding carboxylic acids is 2. The van der Waals surface area contributed by atoms with E-state index >= 15 is 0 Å². The monoisotopic (exact) mass is 391 g/mol. The number of nitrogens with zero attached hydrogens (tertiary/aromatic N) is 1. The van der Waals surface area contributed by atoms with Crippen LogP contribution in [-0.2, 0) is 20.8 Å². The first-order valence-electron chi connectivity index (χ1n) is 9.39. The second-order valence-corrected chi connectivity index (χ2v) is 7.23. The summed E-state index contributed by atoms with van der Waals surface area (Å²) in [6.45, 7) is 0. The smallest absolute Gasteiger partial charge is 0.326 e. The molecule has 0 fully saturated rings. The summed E-state index contributed by atoms with van der Waals surface area (Å²) in [5.74, 6) is -2.45. The van der Waals surface area contributed by atoms with Gasteiger partial charge < -0.3 is 20.3 Å². The molecule has 0 saturated heterocycles. The lowest BCUT2D eigenvalue weighted by molar-refractivity contribution is -0.142. The zero-order valence-electron chi connectivity index (χ0n) is 15.9. The number of carboxylic acids is 1. The molecule has 1 aliphatic rings. The van der Waals surface area contributed by atoms with Crippen molar-refractivity contribution in [2.24, 2.45) is 0 Å². The van der Waals surface area contributed by atoms with Gasteiger partial charge in [-0.15, -0.1) is 0 Å². The molecule has 2 aromatic carbocycles. The Morgan fingerprint density at radius 1 is 1.21 bits per heavy atom. The van der Waals surface area contributed by atoms with E-state index in [9.17, 15) is 19.5 Å². The van der Waals surface area contributed by atoms with Crippen molar-refractivity contribution >= 4 is 34.4 Å². The summed E-state index contributed by atoms with van der Waals surface area (Å²) >= 11 is 0. The van der Waals surface area contributed by atoms with Crippen molar-refractivity contribution in [3.05, 3.63) is 65.9 Å². The number of fused-ring (bicyclic) bond motifs is 2. The summed E-state index contributed by atoms with van der Waals surface area (Å²) in [4.78, 5) is 41.8. The largest absolute Gasteiger partial charge is 0.480 e. The van der Waals surface area contributed by atoms with Crippen molar-refractivity contribution in [3.8, 4) is 0 Å². The van der Waals surface area contributed by atoms with Crippen LogP contribution in [0, 0.1) is 0 Å². The summed E-state index contributed by atoms with van der Waals surface area (Å²) in [5, 5.41) is 13.2. The highest BCUT2D eigenvalue weighted by molar-refractivity contribution is 6.03. The number of hydrogen-bond donors (Lipinski definition) is 3. The van der Waals surface area contributed by atoms with Gasteiger partial charge in [0, 0.05) is 42.7 Å².